The predicted molar refractivity (Wildman–Crippen MR) is 112 cm³/mol. The Morgan fingerprint density at radius 3 is 2.48 bits per heavy atom. The molecule has 0 spiro atoms. The molecule has 1 amide bonds. The molecule has 0 unspecified atom stereocenters. The lowest BCUT2D eigenvalue weighted by Crippen LogP contribution is -2.43. The van der Waals surface area contributed by atoms with Crippen molar-refractivity contribution >= 4 is 11.6 Å². The summed E-state index contributed by atoms with van der Waals surface area (Å²) in [5.41, 5.74) is 2.23. The Kier molecular flexibility index (Phi) is 6.00. The minimum atomic E-state index is -0.127. The van der Waals surface area contributed by atoms with Gasteiger partial charge in [0.15, 0.2) is 0 Å². The lowest BCUT2D eigenvalue weighted by molar-refractivity contribution is -0.119. The molecule has 1 saturated heterocycles. The zero-order valence-electron chi connectivity index (χ0n) is 18.0. The second kappa shape index (κ2) is 7.95. The Labute approximate surface area is 165 Å². The Morgan fingerprint density at radius 2 is 1.81 bits per heavy atom. The molecule has 1 aliphatic carbocycles. The number of carbonyl (C=O) groups is 1. The second-order valence-electron chi connectivity index (χ2n) is 10.0. The summed E-state index contributed by atoms with van der Waals surface area (Å²) in [5.74, 6) is 2.12. The highest BCUT2D eigenvalue weighted by molar-refractivity contribution is 5.96. The average molecular weight is 372 g/mol. The molecule has 150 valence electrons. The fourth-order valence-electron chi connectivity index (χ4n) is 4.87. The van der Waals surface area contributed by atoms with Crippen LogP contribution < -0.4 is 4.90 Å². The molecule has 27 heavy (non-hydrogen) atoms. The van der Waals surface area contributed by atoms with Gasteiger partial charge >= 0.3 is 0 Å². The van der Waals surface area contributed by atoms with Crippen LogP contribution in [0.1, 0.15) is 79.2 Å². The first kappa shape index (κ1) is 20.4. The third-order valence-corrected chi connectivity index (χ3v) is 6.43. The summed E-state index contributed by atoms with van der Waals surface area (Å²) in [4.78, 5) is 14.8. The summed E-state index contributed by atoms with van der Waals surface area (Å²) in [6.07, 6.45) is 5.16. The number of rotatable bonds is 4. The molecule has 4 atom stereocenters. The number of amides is 1. The molecule has 0 bridgehead atoms. The number of nitrogens with zero attached hydrogens (tertiary/aromatic N) is 1. The summed E-state index contributed by atoms with van der Waals surface area (Å²) in [6.45, 7) is 13.6. The van der Waals surface area contributed by atoms with Crippen LogP contribution in [0.3, 0.4) is 0 Å². The van der Waals surface area contributed by atoms with Crippen LogP contribution in [0.25, 0.3) is 0 Å². The van der Waals surface area contributed by atoms with E-state index < -0.39 is 0 Å². The fourth-order valence-corrected chi connectivity index (χ4v) is 4.87. The monoisotopic (exact) mass is 371 g/mol. The van der Waals surface area contributed by atoms with E-state index in [0.717, 1.165) is 18.5 Å². The average Bonchev–Trinajstić information content (AvgIpc) is 2.94. The molecule has 3 heteroatoms. The zero-order chi connectivity index (χ0) is 19.8. The summed E-state index contributed by atoms with van der Waals surface area (Å²) >= 11 is 0. The molecule has 3 rings (SSSR count). The SMILES string of the molecule is CC(C)[C@@H]1CC[C@@H](C)C[C@H]1O[C@@H]1CCC(=O)N1c1ccccc1C(C)(C)C. The van der Waals surface area contributed by atoms with Gasteiger partial charge in [-0.3, -0.25) is 9.69 Å². The van der Waals surface area contributed by atoms with Crippen LogP contribution >= 0.6 is 0 Å². The Balaban J connectivity index is 1.87. The van der Waals surface area contributed by atoms with Crippen LogP contribution in [0.2, 0.25) is 0 Å². The van der Waals surface area contributed by atoms with E-state index in [-0.39, 0.29) is 23.7 Å². The smallest absolute Gasteiger partial charge is 0.229 e. The summed E-state index contributed by atoms with van der Waals surface area (Å²) in [7, 11) is 0. The predicted octanol–water partition coefficient (Wildman–Crippen LogP) is 5.91. The maximum Gasteiger partial charge on any atom is 0.229 e. The maximum atomic E-state index is 12.8. The van der Waals surface area contributed by atoms with Crippen molar-refractivity contribution in [2.45, 2.75) is 91.4 Å². The zero-order valence-corrected chi connectivity index (χ0v) is 18.0. The number of para-hydroxylation sites is 1. The minimum absolute atomic E-state index is 0.0101. The third kappa shape index (κ3) is 4.39. The van der Waals surface area contributed by atoms with Crippen LogP contribution in [0.4, 0.5) is 5.69 Å². The van der Waals surface area contributed by atoms with Gasteiger partial charge in [0.1, 0.15) is 6.23 Å². The molecule has 2 fully saturated rings. The molecular weight excluding hydrogens is 334 g/mol. The number of hydrogen-bond donors (Lipinski definition) is 0. The number of benzene rings is 1. The van der Waals surface area contributed by atoms with Crippen LogP contribution in [-0.2, 0) is 14.9 Å². The first-order valence-electron chi connectivity index (χ1n) is 10.8. The largest absolute Gasteiger partial charge is 0.354 e. The molecule has 0 aromatic heterocycles. The van der Waals surface area contributed by atoms with Crippen LogP contribution in [0.5, 0.6) is 0 Å². The molecule has 1 aromatic rings. The number of anilines is 1. The van der Waals surface area contributed by atoms with E-state index in [2.05, 4.69) is 59.7 Å². The minimum Gasteiger partial charge on any atom is -0.354 e. The summed E-state index contributed by atoms with van der Waals surface area (Å²) < 4.78 is 6.71. The Hall–Kier alpha value is -1.35. The molecule has 0 N–H and O–H groups in total. The molecule has 0 radical (unpaired) electrons. The highest BCUT2D eigenvalue weighted by Crippen LogP contribution is 2.40. The van der Waals surface area contributed by atoms with Crippen molar-refractivity contribution in [3.63, 3.8) is 0 Å². The van der Waals surface area contributed by atoms with Gasteiger partial charge in [-0.25, -0.2) is 0 Å². The Bertz CT molecular complexity index is 661. The maximum absolute atomic E-state index is 12.8. The van der Waals surface area contributed by atoms with Crippen molar-refractivity contribution in [1.29, 1.82) is 0 Å². The standard InChI is InChI=1S/C24H37NO2/c1-16(2)18-12-11-17(3)15-21(18)27-23-14-13-22(26)25(23)20-10-8-7-9-19(20)24(4,5)6/h7-10,16-18,21,23H,11-15H2,1-6H3/t17-,18+,21-,23-/m1/s1. The molecule has 1 aromatic carbocycles. The van der Waals surface area contributed by atoms with Crippen LogP contribution in [0, 0.1) is 17.8 Å². The van der Waals surface area contributed by atoms with E-state index in [1.807, 2.05) is 11.0 Å². The quantitative estimate of drug-likeness (QED) is 0.658. The van der Waals surface area contributed by atoms with Gasteiger partial charge in [-0.2, -0.15) is 0 Å². The first-order valence-corrected chi connectivity index (χ1v) is 10.8. The fraction of sp³-hybridized carbons (Fsp3) is 0.708. The van der Waals surface area contributed by atoms with Gasteiger partial charge in [0, 0.05) is 12.8 Å². The van der Waals surface area contributed by atoms with Crippen molar-refractivity contribution in [1.82, 2.24) is 0 Å². The van der Waals surface area contributed by atoms with Crippen molar-refractivity contribution < 1.29 is 9.53 Å². The van der Waals surface area contributed by atoms with E-state index in [0.29, 0.717) is 24.2 Å². The van der Waals surface area contributed by atoms with E-state index >= 15 is 0 Å². The van der Waals surface area contributed by atoms with Crippen molar-refractivity contribution in [2.75, 3.05) is 4.90 Å². The van der Waals surface area contributed by atoms with Gasteiger partial charge in [-0.15, -0.1) is 0 Å². The van der Waals surface area contributed by atoms with E-state index in [9.17, 15) is 4.79 Å². The summed E-state index contributed by atoms with van der Waals surface area (Å²) in [5, 5.41) is 0. The van der Waals surface area contributed by atoms with Gasteiger partial charge < -0.3 is 4.74 Å². The topological polar surface area (TPSA) is 29.5 Å². The van der Waals surface area contributed by atoms with Crippen molar-refractivity contribution in [2.24, 2.45) is 17.8 Å². The second-order valence-corrected chi connectivity index (χ2v) is 10.0. The van der Waals surface area contributed by atoms with E-state index in [1.165, 1.54) is 18.4 Å². The lowest BCUT2D eigenvalue weighted by Gasteiger charge is -2.40. The van der Waals surface area contributed by atoms with Gasteiger partial charge in [0.05, 0.1) is 11.8 Å². The molecule has 1 aliphatic heterocycles. The number of carbonyl (C=O) groups excluding carboxylic acids is 1. The molecule has 1 heterocycles. The molecule has 3 nitrogen and oxygen atoms in total. The Morgan fingerprint density at radius 1 is 1.11 bits per heavy atom. The van der Waals surface area contributed by atoms with Crippen molar-refractivity contribution in [3.05, 3.63) is 29.8 Å². The van der Waals surface area contributed by atoms with E-state index in [4.69, 9.17) is 4.74 Å². The van der Waals surface area contributed by atoms with Crippen LogP contribution in [0.15, 0.2) is 24.3 Å². The first-order chi connectivity index (χ1) is 12.7. The highest BCUT2D eigenvalue weighted by Gasteiger charge is 2.40. The third-order valence-electron chi connectivity index (χ3n) is 6.43. The summed E-state index contributed by atoms with van der Waals surface area (Å²) in [6, 6.07) is 8.34. The van der Waals surface area contributed by atoms with Gasteiger partial charge in [-0.05, 0) is 47.6 Å². The van der Waals surface area contributed by atoms with Crippen molar-refractivity contribution in [3.8, 4) is 0 Å². The normalized spacial score (nSPS) is 29.6. The number of ether oxygens (including phenoxy) is 1. The van der Waals surface area contributed by atoms with E-state index in [1.54, 1.807) is 0 Å². The molecule has 2 aliphatic rings. The van der Waals surface area contributed by atoms with Crippen LogP contribution in [-0.4, -0.2) is 18.2 Å². The van der Waals surface area contributed by atoms with Gasteiger partial charge in [0.25, 0.3) is 0 Å². The van der Waals surface area contributed by atoms with Gasteiger partial charge in [0.2, 0.25) is 5.91 Å². The van der Waals surface area contributed by atoms with Gasteiger partial charge in [-0.1, -0.05) is 66.2 Å². The highest BCUT2D eigenvalue weighted by atomic mass is 16.5. The number of hydrogen-bond acceptors (Lipinski definition) is 2. The molecular formula is C24H37NO2. The lowest BCUT2D eigenvalue weighted by atomic mass is 9.75. The molecule has 1 saturated carbocycles.